The summed E-state index contributed by atoms with van der Waals surface area (Å²) in [5.74, 6) is 2.08. The van der Waals surface area contributed by atoms with Crippen molar-refractivity contribution in [2.75, 3.05) is 0 Å². The highest BCUT2D eigenvalue weighted by atomic mass is 15.1. The average Bonchev–Trinajstić information content (AvgIpc) is 3.13. The minimum absolute atomic E-state index is 0.624. The number of nitrogens with one attached hydrogen (secondary N) is 1. The SMILES string of the molecule is CCCCCCCCCCC(C)[n+]1cc[nH]c1C(C)CCCCCCC. The van der Waals surface area contributed by atoms with Crippen molar-refractivity contribution in [3.63, 3.8) is 0 Å². The maximum absolute atomic E-state index is 3.53. The van der Waals surface area contributed by atoms with E-state index >= 15 is 0 Å². The Labute approximate surface area is 164 Å². The Bertz CT molecular complexity index is 424. The van der Waals surface area contributed by atoms with Crippen LogP contribution in [0.5, 0.6) is 0 Å². The first-order chi connectivity index (χ1) is 12.7. The minimum atomic E-state index is 0.624. The summed E-state index contributed by atoms with van der Waals surface area (Å²) in [6.07, 6.45) is 25.2. The zero-order chi connectivity index (χ0) is 19.0. The quantitative estimate of drug-likeness (QED) is 0.215. The number of aromatic nitrogens is 2. The summed E-state index contributed by atoms with van der Waals surface area (Å²) >= 11 is 0. The molecule has 2 atom stereocenters. The Balaban J connectivity index is 2.23. The van der Waals surface area contributed by atoms with Gasteiger partial charge in [-0.3, -0.25) is 0 Å². The van der Waals surface area contributed by atoms with Crippen molar-refractivity contribution in [2.24, 2.45) is 0 Å². The minimum Gasteiger partial charge on any atom is -0.247 e. The molecule has 0 amide bonds. The van der Waals surface area contributed by atoms with Gasteiger partial charge < -0.3 is 0 Å². The molecule has 2 unspecified atom stereocenters. The number of H-pyrrole nitrogens is 1. The van der Waals surface area contributed by atoms with E-state index in [2.05, 4.69) is 49.6 Å². The van der Waals surface area contributed by atoms with Crippen molar-refractivity contribution in [3.05, 3.63) is 18.2 Å². The van der Waals surface area contributed by atoms with Gasteiger partial charge in [-0.25, -0.2) is 9.55 Å². The number of aromatic amines is 1. The first-order valence-electron chi connectivity index (χ1n) is 11.8. The van der Waals surface area contributed by atoms with Crippen LogP contribution < -0.4 is 4.57 Å². The molecule has 0 fully saturated rings. The second kappa shape index (κ2) is 15.3. The standard InChI is InChI=1S/C24H46N2/c1-5-7-9-11-12-13-15-17-19-23(4)26-21-20-25-24(26)22(3)18-16-14-10-8-6-2/h20-23H,5-19H2,1-4H3/p+1. The van der Waals surface area contributed by atoms with Crippen molar-refractivity contribution < 1.29 is 4.57 Å². The number of unbranched alkanes of at least 4 members (excludes halogenated alkanes) is 11. The van der Waals surface area contributed by atoms with E-state index in [9.17, 15) is 0 Å². The highest BCUT2D eigenvalue weighted by Gasteiger charge is 2.21. The first-order valence-corrected chi connectivity index (χ1v) is 11.8. The van der Waals surface area contributed by atoms with E-state index in [0.29, 0.717) is 12.0 Å². The second-order valence-corrected chi connectivity index (χ2v) is 8.47. The van der Waals surface area contributed by atoms with Crippen molar-refractivity contribution in [1.82, 2.24) is 4.98 Å². The Kier molecular flexibility index (Phi) is 13.7. The van der Waals surface area contributed by atoms with Gasteiger partial charge in [-0.15, -0.1) is 0 Å². The van der Waals surface area contributed by atoms with Gasteiger partial charge in [0, 0.05) is 0 Å². The Hall–Kier alpha value is -0.790. The van der Waals surface area contributed by atoms with Crippen molar-refractivity contribution in [1.29, 1.82) is 0 Å². The van der Waals surface area contributed by atoms with Gasteiger partial charge in [0.25, 0.3) is 5.82 Å². The van der Waals surface area contributed by atoms with Crippen LogP contribution in [0.4, 0.5) is 0 Å². The van der Waals surface area contributed by atoms with Crippen molar-refractivity contribution >= 4 is 0 Å². The van der Waals surface area contributed by atoms with Crippen LogP contribution in [0, 0.1) is 0 Å². The van der Waals surface area contributed by atoms with Gasteiger partial charge in [0.15, 0.2) is 0 Å². The van der Waals surface area contributed by atoms with Gasteiger partial charge in [0.1, 0.15) is 12.4 Å². The molecule has 2 nitrogen and oxygen atoms in total. The maximum atomic E-state index is 3.53. The third-order valence-corrected chi connectivity index (χ3v) is 5.90. The number of nitrogens with zero attached hydrogens (tertiary/aromatic N) is 1. The molecule has 0 aliphatic heterocycles. The number of rotatable bonds is 17. The lowest BCUT2D eigenvalue weighted by Gasteiger charge is -2.14. The predicted molar refractivity (Wildman–Crippen MR) is 115 cm³/mol. The average molecular weight is 364 g/mol. The van der Waals surface area contributed by atoms with Crippen molar-refractivity contribution in [2.45, 2.75) is 136 Å². The van der Waals surface area contributed by atoms with Gasteiger partial charge >= 0.3 is 0 Å². The maximum Gasteiger partial charge on any atom is 0.257 e. The molecule has 0 saturated carbocycles. The van der Waals surface area contributed by atoms with Crippen LogP contribution in [-0.4, -0.2) is 4.98 Å². The molecular formula is C24H47N2+. The van der Waals surface area contributed by atoms with Crippen molar-refractivity contribution in [3.8, 4) is 0 Å². The molecule has 1 N–H and O–H groups in total. The summed E-state index contributed by atoms with van der Waals surface area (Å²) < 4.78 is 2.51. The fourth-order valence-electron chi connectivity index (χ4n) is 4.04. The molecule has 26 heavy (non-hydrogen) atoms. The molecule has 1 aromatic heterocycles. The smallest absolute Gasteiger partial charge is 0.247 e. The van der Waals surface area contributed by atoms with Gasteiger partial charge in [-0.1, -0.05) is 97.8 Å². The van der Waals surface area contributed by atoms with Crippen LogP contribution in [0.15, 0.2) is 12.4 Å². The largest absolute Gasteiger partial charge is 0.257 e. The molecule has 0 bridgehead atoms. The molecule has 2 heteroatoms. The van der Waals surface area contributed by atoms with Crippen LogP contribution in [0.1, 0.15) is 142 Å². The lowest BCUT2D eigenvalue weighted by Crippen LogP contribution is -2.40. The number of hydrogen-bond donors (Lipinski definition) is 1. The molecule has 0 aromatic carbocycles. The summed E-state index contributed by atoms with van der Waals surface area (Å²) in [6, 6.07) is 0.624. The van der Waals surface area contributed by atoms with Crippen LogP contribution >= 0.6 is 0 Å². The summed E-state index contributed by atoms with van der Waals surface area (Å²) in [4.78, 5) is 3.53. The Morgan fingerprint density at radius 2 is 1.23 bits per heavy atom. The summed E-state index contributed by atoms with van der Waals surface area (Å²) in [6.45, 7) is 9.37. The van der Waals surface area contributed by atoms with E-state index in [0.717, 1.165) is 0 Å². The monoisotopic (exact) mass is 363 g/mol. The molecule has 0 aliphatic rings. The molecule has 0 spiro atoms. The van der Waals surface area contributed by atoms with Crippen LogP contribution in [0.3, 0.4) is 0 Å². The molecule has 0 aliphatic carbocycles. The molecule has 0 saturated heterocycles. The Morgan fingerprint density at radius 3 is 1.81 bits per heavy atom. The summed E-state index contributed by atoms with van der Waals surface area (Å²) in [5, 5.41) is 0. The highest BCUT2D eigenvalue weighted by molar-refractivity contribution is 4.87. The third kappa shape index (κ3) is 9.78. The second-order valence-electron chi connectivity index (χ2n) is 8.47. The normalized spacial score (nSPS) is 13.8. The fourth-order valence-corrected chi connectivity index (χ4v) is 4.04. The first kappa shape index (κ1) is 23.2. The molecule has 1 aromatic rings. The summed E-state index contributed by atoms with van der Waals surface area (Å²) in [7, 11) is 0. The topological polar surface area (TPSA) is 19.7 Å². The van der Waals surface area contributed by atoms with Gasteiger partial charge in [0.05, 0.1) is 12.0 Å². The van der Waals surface area contributed by atoms with E-state index in [4.69, 9.17) is 0 Å². The van der Waals surface area contributed by atoms with Crippen LogP contribution in [0.25, 0.3) is 0 Å². The third-order valence-electron chi connectivity index (χ3n) is 5.90. The van der Waals surface area contributed by atoms with Gasteiger partial charge in [-0.05, 0) is 26.2 Å². The van der Waals surface area contributed by atoms with Gasteiger partial charge in [0.2, 0.25) is 0 Å². The van der Waals surface area contributed by atoms with Crippen LogP contribution in [0.2, 0.25) is 0 Å². The molecule has 0 radical (unpaired) electrons. The zero-order valence-electron chi connectivity index (χ0n) is 18.4. The lowest BCUT2D eigenvalue weighted by molar-refractivity contribution is -0.727. The van der Waals surface area contributed by atoms with E-state index in [1.54, 1.807) is 0 Å². The number of imidazole rings is 1. The molecule has 1 heterocycles. The highest BCUT2D eigenvalue weighted by Crippen LogP contribution is 2.21. The molecule has 1 rings (SSSR count). The van der Waals surface area contributed by atoms with E-state index in [-0.39, 0.29) is 0 Å². The van der Waals surface area contributed by atoms with Gasteiger partial charge in [-0.2, -0.15) is 0 Å². The predicted octanol–water partition coefficient (Wildman–Crippen LogP) is 7.86. The molecular weight excluding hydrogens is 316 g/mol. The fraction of sp³-hybridized carbons (Fsp3) is 0.875. The number of hydrogen-bond acceptors (Lipinski definition) is 0. The molecule has 152 valence electrons. The van der Waals surface area contributed by atoms with E-state index in [1.165, 1.54) is 102 Å². The Morgan fingerprint density at radius 1 is 0.731 bits per heavy atom. The summed E-state index contributed by atoms with van der Waals surface area (Å²) in [5.41, 5.74) is 0. The van der Waals surface area contributed by atoms with E-state index < -0.39 is 0 Å². The van der Waals surface area contributed by atoms with Crippen LogP contribution in [-0.2, 0) is 0 Å². The van der Waals surface area contributed by atoms with E-state index in [1.807, 2.05) is 0 Å². The lowest BCUT2D eigenvalue weighted by atomic mass is 10.0. The zero-order valence-corrected chi connectivity index (χ0v) is 18.4.